The third-order valence-corrected chi connectivity index (χ3v) is 8.69. The summed E-state index contributed by atoms with van der Waals surface area (Å²) in [7, 11) is 3.21. The first-order valence-corrected chi connectivity index (χ1v) is 15.2. The number of fused-ring (bicyclic) bond motifs is 2. The molecule has 230 valence electrons. The number of hydrogen-bond donors (Lipinski definition) is 3. The summed E-state index contributed by atoms with van der Waals surface area (Å²) in [5.41, 5.74) is 4.00. The van der Waals surface area contributed by atoms with Gasteiger partial charge in [-0.1, -0.05) is 19.1 Å². The topological polar surface area (TPSA) is 153 Å². The normalized spacial score (nSPS) is 15.6. The van der Waals surface area contributed by atoms with E-state index in [0.717, 1.165) is 35.1 Å². The third-order valence-electron chi connectivity index (χ3n) is 8.69. The number of nitrogens with one attached hydrogen (secondary N) is 3. The monoisotopic (exact) mass is 597 g/mol. The van der Waals surface area contributed by atoms with Gasteiger partial charge in [0.1, 0.15) is 11.5 Å². The lowest BCUT2D eigenvalue weighted by molar-refractivity contribution is -0.131. The average molecular weight is 598 g/mol. The number of aryl methyl sites for hydroxylation is 3. The van der Waals surface area contributed by atoms with Crippen molar-refractivity contribution in [3.05, 3.63) is 81.6 Å². The van der Waals surface area contributed by atoms with Gasteiger partial charge in [0.2, 0.25) is 17.7 Å². The van der Waals surface area contributed by atoms with Gasteiger partial charge in [0, 0.05) is 37.7 Å². The van der Waals surface area contributed by atoms with Crippen LogP contribution in [0.5, 0.6) is 0 Å². The van der Waals surface area contributed by atoms with Crippen LogP contribution < -0.4 is 16.0 Å². The molecule has 1 fully saturated rings. The molecule has 44 heavy (non-hydrogen) atoms. The third kappa shape index (κ3) is 5.82. The van der Waals surface area contributed by atoms with E-state index in [9.17, 15) is 19.6 Å². The number of aromatic nitrogens is 2. The molecule has 0 aliphatic heterocycles. The van der Waals surface area contributed by atoms with E-state index >= 15 is 0 Å². The lowest BCUT2D eigenvalue weighted by atomic mass is 9.69. The number of hydrogen-bond acceptors (Lipinski definition) is 8. The molecule has 11 nitrogen and oxygen atoms in total. The summed E-state index contributed by atoms with van der Waals surface area (Å²) in [4.78, 5) is 40.1. The zero-order valence-electron chi connectivity index (χ0n) is 25.7. The van der Waals surface area contributed by atoms with Crippen LogP contribution in [0.4, 0.5) is 0 Å². The second kappa shape index (κ2) is 13.0. The quantitative estimate of drug-likeness (QED) is 0.285. The number of nitrogens with zero attached hydrogens (tertiary/aromatic N) is 4. The Morgan fingerprint density at radius 3 is 2.09 bits per heavy atom. The van der Waals surface area contributed by atoms with E-state index < -0.39 is 11.5 Å². The van der Waals surface area contributed by atoms with Crippen LogP contribution in [-0.4, -0.2) is 72.1 Å². The van der Waals surface area contributed by atoms with Gasteiger partial charge < -0.3 is 25.3 Å². The number of benzene rings is 2. The second-order valence-electron chi connectivity index (χ2n) is 11.4. The highest BCUT2D eigenvalue weighted by Crippen LogP contribution is 2.47. The maximum atomic E-state index is 13.2. The molecule has 1 atom stereocenters. The van der Waals surface area contributed by atoms with Crippen molar-refractivity contribution in [3.63, 3.8) is 0 Å². The highest BCUT2D eigenvalue weighted by atomic mass is 16.4. The first-order valence-electron chi connectivity index (χ1n) is 15.2. The minimum Gasteiger partial charge on any atom is -0.424 e. The van der Waals surface area contributed by atoms with Crippen LogP contribution in [0.3, 0.4) is 0 Å². The molecule has 1 saturated carbocycles. The van der Waals surface area contributed by atoms with E-state index in [4.69, 9.17) is 4.42 Å². The highest BCUT2D eigenvalue weighted by molar-refractivity contribution is 5.95. The minimum absolute atomic E-state index is 0.0908. The van der Waals surface area contributed by atoms with Crippen molar-refractivity contribution in [2.75, 3.05) is 27.2 Å². The molecule has 2 aliphatic rings. The SMILES string of the molecule is CCc1nnc(C2(CCNCC(=O)N(C(C)C#N)C3CC3)c3ccc(C(=O)NC)cc3CCc3cc(C(=O)NC)ccc32)o1. The standard InChI is InChI=1S/C33H39N7O4/c1-5-28-38-39-32(44-28)33(14-15-37-19-29(41)40(20(2)18-34)25-10-11-25)26-12-8-23(30(42)35-3)16-21(26)6-7-22-17-24(31(43)36-4)9-13-27(22)33/h8-9,12-13,16-17,20,25,37H,5-7,10-11,14-15,19H2,1-4H3,(H,35,42)(H,36,43). The maximum absolute atomic E-state index is 13.2. The zero-order valence-corrected chi connectivity index (χ0v) is 25.7. The molecule has 1 aromatic heterocycles. The van der Waals surface area contributed by atoms with Crippen molar-refractivity contribution in [1.82, 2.24) is 31.0 Å². The molecule has 0 saturated heterocycles. The Morgan fingerprint density at radius 1 is 1.02 bits per heavy atom. The Balaban J connectivity index is 1.59. The van der Waals surface area contributed by atoms with E-state index in [2.05, 4.69) is 32.2 Å². The number of carbonyl (C=O) groups is 3. The van der Waals surface area contributed by atoms with Gasteiger partial charge in [-0.25, -0.2) is 0 Å². The number of carbonyl (C=O) groups excluding carboxylic acids is 3. The van der Waals surface area contributed by atoms with Gasteiger partial charge in [0.25, 0.3) is 11.8 Å². The first-order chi connectivity index (χ1) is 21.3. The zero-order chi connectivity index (χ0) is 31.4. The number of rotatable bonds is 11. The van der Waals surface area contributed by atoms with Gasteiger partial charge in [0.15, 0.2) is 0 Å². The number of nitriles is 1. The van der Waals surface area contributed by atoms with E-state index in [1.165, 1.54) is 0 Å². The van der Waals surface area contributed by atoms with E-state index in [0.29, 0.717) is 55.1 Å². The van der Waals surface area contributed by atoms with Crippen LogP contribution in [0.25, 0.3) is 0 Å². The molecule has 0 spiro atoms. The van der Waals surface area contributed by atoms with Gasteiger partial charge in [-0.05, 0) is 92.1 Å². The Hall–Kier alpha value is -4.56. The molecule has 3 N–H and O–H groups in total. The summed E-state index contributed by atoms with van der Waals surface area (Å²) in [6.07, 6.45) is 4.13. The molecule has 2 aromatic carbocycles. The highest BCUT2D eigenvalue weighted by Gasteiger charge is 2.45. The van der Waals surface area contributed by atoms with Gasteiger partial charge in [0.05, 0.1) is 12.6 Å². The molecule has 1 heterocycles. The van der Waals surface area contributed by atoms with Crippen LogP contribution in [0.2, 0.25) is 0 Å². The van der Waals surface area contributed by atoms with Gasteiger partial charge >= 0.3 is 0 Å². The molecule has 1 unspecified atom stereocenters. The Kier molecular flexibility index (Phi) is 9.11. The fourth-order valence-corrected chi connectivity index (χ4v) is 6.31. The van der Waals surface area contributed by atoms with Crippen LogP contribution in [-0.2, 0) is 29.5 Å². The van der Waals surface area contributed by atoms with Crippen LogP contribution in [0.1, 0.15) is 87.9 Å². The van der Waals surface area contributed by atoms with Crippen LogP contribution >= 0.6 is 0 Å². The van der Waals surface area contributed by atoms with Crippen molar-refractivity contribution >= 4 is 17.7 Å². The summed E-state index contributed by atoms with van der Waals surface area (Å²) in [5, 5.41) is 27.1. The molecule has 0 bridgehead atoms. The number of amides is 3. The predicted octanol–water partition coefficient (Wildman–Crippen LogP) is 2.67. The lowest BCUT2D eigenvalue weighted by Crippen LogP contribution is -2.45. The van der Waals surface area contributed by atoms with Crippen molar-refractivity contribution in [1.29, 1.82) is 5.26 Å². The fraction of sp³-hybridized carbons (Fsp3) is 0.455. The summed E-state index contributed by atoms with van der Waals surface area (Å²) in [5.74, 6) is 0.461. The smallest absolute Gasteiger partial charge is 0.251 e. The van der Waals surface area contributed by atoms with Crippen molar-refractivity contribution in [2.24, 2.45) is 0 Å². The molecule has 11 heteroatoms. The minimum atomic E-state index is -0.920. The largest absolute Gasteiger partial charge is 0.424 e. The molecule has 2 aliphatic carbocycles. The maximum Gasteiger partial charge on any atom is 0.251 e. The summed E-state index contributed by atoms with van der Waals surface area (Å²) in [6, 6.07) is 13.2. The Labute approximate surface area is 257 Å². The second-order valence-corrected chi connectivity index (χ2v) is 11.4. The Morgan fingerprint density at radius 2 is 1.61 bits per heavy atom. The molecule has 5 rings (SSSR count). The average Bonchev–Trinajstić information content (AvgIpc) is 3.79. The summed E-state index contributed by atoms with van der Waals surface area (Å²) < 4.78 is 6.32. The van der Waals surface area contributed by atoms with Gasteiger partial charge in [-0.2, -0.15) is 5.26 Å². The van der Waals surface area contributed by atoms with Crippen molar-refractivity contribution in [2.45, 2.75) is 69.9 Å². The predicted molar refractivity (Wildman–Crippen MR) is 163 cm³/mol. The van der Waals surface area contributed by atoms with Crippen molar-refractivity contribution < 1.29 is 18.8 Å². The molecule has 3 amide bonds. The summed E-state index contributed by atoms with van der Waals surface area (Å²) >= 11 is 0. The van der Waals surface area contributed by atoms with E-state index in [1.807, 2.05) is 31.2 Å². The molecule has 0 radical (unpaired) electrons. The van der Waals surface area contributed by atoms with E-state index in [-0.39, 0.29) is 30.3 Å². The van der Waals surface area contributed by atoms with Crippen LogP contribution in [0, 0.1) is 11.3 Å². The first kappa shape index (κ1) is 30.9. The molecular weight excluding hydrogens is 558 g/mol. The fourth-order valence-electron chi connectivity index (χ4n) is 6.31. The molecular formula is C33H39N7O4. The van der Waals surface area contributed by atoms with E-state index in [1.54, 1.807) is 38.1 Å². The van der Waals surface area contributed by atoms with Gasteiger partial charge in [-0.15, -0.1) is 10.2 Å². The van der Waals surface area contributed by atoms with Gasteiger partial charge in [-0.3, -0.25) is 14.4 Å². The lowest BCUT2D eigenvalue weighted by Gasteiger charge is -2.34. The Bertz CT molecular complexity index is 1540. The molecule has 3 aromatic rings. The van der Waals surface area contributed by atoms with Crippen molar-refractivity contribution in [3.8, 4) is 6.07 Å². The van der Waals surface area contributed by atoms with Crippen LogP contribution in [0.15, 0.2) is 40.8 Å². The summed E-state index contributed by atoms with van der Waals surface area (Å²) in [6.45, 7) is 4.22.